The van der Waals surface area contributed by atoms with Crippen molar-refractivity contribution in [3.05, 3.63) is 35.4 Å². The van der Waals surface area contributed by atoms with E-state index in [-0.39, 0.29) is 5.78 Å². The number of carbonyl (C=O) groups is 1. The number of unbranched alkanes of at least 4 members (excludes halogenated alkanes) is 1. The molecule has 0 aliphatic heterocycles. The fourth-order valence-corrected chi connectivity index (χ4v) is 1.74. The second kappa shape index (κ2) is 4.97. The van der Waals surface area contributed by atoms with Crippen LogP contribution in [0.25, 0.3) is 6.08 Å². The standard InChI is InChI=1S/C14H16O2/c1-2-3-8-16-14-7-5-11-9-13(15)6-4-12(11)10-14/h4-7,10H,2-3,8-9H2,1H3. The van der Waals surface area contributed by atoms with Gasteiger partial charge in [0.25, 0.3) is 0 Å². The molecule has 1 aromatic rings. The third-order valence-corrected chi connectivity index (χ3v) is 2.70. The third kappa shape index (κ3) is 2.51. The van der Waals surface area contributed by atoms with Gasteiger partial charge < -0.3 is 4.74 Å². The lowest BCUT2D eigenvalue weighted by atomic mass is 9.96. The van der Waals surface area contributed by atoms with E-state index in [1.165, 1.54) is 0 Å². The van der Waals surface area contributed by atoms with Crippen LogP contribution in [0, 0.1) is 0 Å². The number of ether oxygens (including phenoxy) is 1. The van der Waals surface area contributed by atoms with Gasteiger partial charge in [-0.15, -0.1) is 0 Å². The third-order valence-electron chi connectivity index (χ3n) is 2.70. The highest BCUT2D eigenvalue weighted by atomic mass is 16.5. The molecule has 0 amide bonds. The number of benzene rings is 1. The van der Waals surface area contributed by atoms with Crippen molar-refractivity contribution in [3.8, 4) is 5.75 Å². The van der Waals surface area contributed by atoms with E-state index in [9.17, 15) is 4.79 Å². The minimum atomic E-state index is 0.173. The van der Waals surface area contributed by atoms with Gasteiger partial charge in [-0.25, -0.2) is 0 Å². The average Bonchev–Trinajstić information content (AvgIpc) is 2.29. The lowest BCUT2D eigenvalue weighted by Crippen LogP contribution is -2.05. The number of hydrogen-bond acceptors (Lipinski definition) is 2. The molecule has 0 saturated carbocycles. The molecular weight excluding hydrogens is 200 g/mol. The summed E-state index contributed by atoms with van der Waals surface area (Å²) in [5, 5.41) is 0. The van der Waals surface area contributed by atoms with Crippen LogP contribution in [0.2, 0.25) is 0 Å². The molecule has 2 heteroatoms. The summed E-state index contributed by atoms with van der Waals surface area (Å²) in [5.41, 5.74) is 2.20. The molecule has 0 spiro atoms. The Kier molecular flexibility index (Phi) is 3.40. The number of allylic oxidation sites excluding steroid dienone is 1. The highest BCUT2D eigenvalue weighted by Gasteiger charge is 2.10. The van der Waals surface area contributed by atoms with Gasteiger partial charge in [0.15, 0.2) is 5.78 Å². The smallest absolute Gasteiger partial charge is 0.160 e. The van der Waals surface area contributed by atoms with E-state index in [2.05, 4.69) is 6.92 Å². The van der Waals surface area contributed by atoms with Gasteiger partial charge in [0.05, 0.1) is 6.61 Å². The summed E-state index contributed by atoms with van der Waals surface area (Å²) >= 11 is 0. The lowest BCUT2D eigenvalue weighted by molar-refractivity contribution is -0.114. The molecule has 0 radical (unpaired) electrons. The largest absolute Gasteiger partial charge is 0.494 e. The summed E-state index contributed by atoms with van der Waals surface area (Å²) < 4.78 is 5.62. The zero-order valence-electron chi connectivity index (χ0n) is 9.53. The summed E-state index contributed by atoms with van der Waals surface area (Å²) in [5.74, 6) is 1.07. The summed E-state index contributed by atoms with van der Waals surface area (Å²) in [7, 11) is 0. The molecule has 16 heavy (non-hydrogen) atoms. The summed E-state index contributed by atoms with van der Waals surface area (Å²) in [6.45, 7) is 2.91. The second-order valence-corrected chi connectivity index (χ2v) is 4.04. The van der Waals surface area contributed by atoms with Gasteiger partial charge in [-0.3, -0.25) is 4.79 Å². The molecular formula is C14H16O2. The fourth-order valence-electron chi connectivity index (χ4n) is 1.74. The maximum Gasteiger partial charge on any atom is 0.160 e. The fraction of sp³-hybridized carbons (Fsp3) is 0.357. The molecule has 0 atom stereocenters. The van der Waals surface area contributed by atoms with Crippen LogP contribution in [0.5, 0.6) is 5.75 Å². The molecule has 0 fully saturated rings. The number of ketones is 1. The molecule has 2 nitrogen and oxygen atoms in total. The Hall–Kier alpha value is -1.57. The Balaban J connectivity index is 2.09. The molecule has 2 rings (SSSR count). The van der Waals surface area contributed by atoms with Crippen LogP contribution in [-0.2, 0) is 11.2 Å². The van der Waals surface area contributed by atoms with Gasteiger partial charge in [-0.2, -0.15) is 0 Å². The molecule has 0 saturated heterocycles. The first-order valence-electron chi connectivity index (χ1n) is 5.76. The minimum Gasteiger partial charge on any atom is -0.494 e. The first-order chi connectivity index (χ1) is 7.79. The van der Waals surface area contributed by atoms with Crippen molar-refractivity contribution in [2.45, 2.75) is 26.2 Å². The molecule has 1 aliphatic carbocycles. The van der Waals surface area contributed by atoms with Crippen molar-refractivity contribution in [3.63, 3.8) is 0 Å². The van der Waals surface area contributed by atoms with E-state index in [0.29, 0.717) is 6.42 Å². The van der Waals surface area contributed by atoms with Crippen LogP contribution in [0.3, 0.4) is 0 Å². The van der Waals surface area contributed by atoms with Crippen molar-refractivity contribution >= 4 is 11.9 Å². The van der Waals surface area contributed by atoms with Crippen molar-refractivity contribution in [1.29, 1.82) is 0 Å². The topological polar surface area (TPSA) is 26.3 Å². The van der Waals surface area contributed by atoms with Gasteiger partial charge >= 0.3 is 0 Å². The molecule has 0 bridgehead atoms. The van der Waals surface area contributed by atoms with E-state index in [1.54, 1.807) is 6.08 Å². The lowest BCUT2D eigenvalue weighted by Gasteiger charge is -2.12. The summed E-state index contributed by atoms with van der Waals surface area (Å²) in [4.78, 5) is 11.2. The number of carbonyl (C=O) groups excluding carboxylic acids is 1. The molecule has 0 aromatic heterocycles. The highest BCUT2D eigenvalue weighted by Crippen LogP contribution is 2.23. The SMILES string of the molecule is CCCCOc1ccc2c(c1)C=CC(=O)C2. The van der Waals surface area contributed by atoms with Crippen molar-refractivity contribution in [2.75, 3.05) is 6.61 Å². The molecule has 0 heterocycles. The number of hydrogen-bond donors (Lipinski definition) is 0. The van der Waals surface area contributed by atoms with E-state index < -0.39 is 0 Å². The maximum atomic E-state index is 11.2. The maximum absolute atomic E-state index is 11.2. The van der Waals surface area contributed by atoms with Gasteiger partial charge in [0.1, 0.15) is 5.75 Å². The van der Waals surface area contributed by atoms with Crippen LogP contribution in [0.15, 0.2) is 24.3 Å². The minimum absolute atomic E-state index is 0.173. The number of fused-ring (bicyclic) bond motifs is 1. The van der Waals surface area contributed by atoms with Crippen LogP contribution < -0.4 is 4.74 Å². The summed E-state index contributed by atoms with van der Waals surface area (Å²) in [6.07, 6.45) is 6.23. The molecule has 84 valence electrons. The van der Waals surface area contributed by atoms with E-state index in [4.69, 9.17) is 4.74 Å². The zero-order valence-corrected chi connectivity index (χ0v) is 9.53. The van der Waals surface area contributed by atoms with Gasteiger partial charge in [0, 0.05) is 6.42 Å². The Labute approximate surface area is 95.9 Å². The normalized spacial score (nSPS) is 13.7. The quantitative estimate of drug-likeness (QED) is 0.723. The average molecular weight is 216 g/mol. The van der Waals surface area contributed by atoms with E-state index in [0.717, 1.165) is 36.3 Å². The van der Waals surface area contributed by atoms with Crippen molar-refractivity contribution in [2.24, 2.45) is 0 Å². The van der Waals surface area contributed by atoms with Gasteiger partial charge in [-0.05, 0) is 35.8 Å². The van der Waals surface area contributed by atoms with Crippen LogP contribution >= 0.6 is 0 Å². The zero-order chi connectivity index (χ0) is 11.4. The molecule has 1 aromatic carbocycles. The first-order valence-corrected chi connectivity index (χ1v) is 5.76. The predicted octanol–water partition coefficient (Wildman–Crippen LogP) is 3.00. The second-order valence-electron chi connectivity index (χ2n) is 4.04. The van der Waals surface area contributed by atoms with Gasteiger partial charge in [-0.1, -0.05) is 25.5 Å². The van der Waals surface area contributed by atoms with Gasteiger partial charge in [0.2, 0.25) is 0 Å². The Morgan fingerprint density at radius 2 is 2.19 bits per heavy atom. The summed E-state index contributed by atoms with van der Waals surface area (Å²) in [6, 6.07) is 5.94. The van der Waals surface area contributed by atoms with Crippen LogP contribution in [-0.4, -0.2) is 12.4 Å². The molecule has 1 aliphatic rings. The predicted molar refractivity (Wildman–Crippen MR) is 64.6 cm³/mol. The van der Waals surface area contributed by atoms with E-state index >= 15 is 0 Å². The van der Waals surface area contributed by atoms with E-state index in [1.807, 2.05) is 24.3 Å². The first kappa shape index (κ1) is 10.9. The molecule has 0 N–H and O–H groups in total. The molecule has 0 unspecified atom stereocenters. The monoisotopic (exact) mass is 216 g/mol. The number of rotatable bonds is 4. The van der Waals surface area contributed by atoms with Crippen molar-refractivity contribution in [1.82, 2.24) is 0 Å². The Morgan fingerprint density at radius 3 is 3.00 bits per heavy atom. The Morgan fingerprint density at radius 1 is 1.31 bits per heavy atom. The Bertz CT molecular complexity index is 419. The van der Waals surface area contributed by atoms with Crippen LogP contribution in [0.1, 0.15) is 30.9 Å². The van der Waals surface area contributed by atoms with Crippen LogP contribution in [0.4, 0.5) is 0 Å². The highest BCUT2D eigenvalue weighted by molar-refractivity contribution is 5.98. The van der Waals surface area contributed by atoms with Crippen molar-refractivity contribution < 1.29 is 9.53 Å².